The third-order valence-electron chi connectivity index (χ3n) is 2.99. The lowest BCUT2D eigenvalue weighted by Crippen LogP contribution is -2.48. The fourth-order valence-corrected chi connectivity index (χ4v) is 4.47. The van der Waals surface area contributed by atoms with Crippen molar-refractivity contribution in [3.63, 3.8) is 0 Å². The van der Waals surface area contributed by atoms with Crippen molar-refractivity contribution in [1.29, 1.82) is 0 Å². The summed E-state index contributed by atoms with van der Waals surface area (Å²) in [7, 11) is -5.47. The Bertz CT molecular complexity index is 503. The molecule has 2 N–H and O–H groups in total. The summed E-state index contributed by atoms with van der Waals surface area (Å²) in [5.74, 6) is 0. The monoisotopic (exact) mass is 374 g/mol. The molecule has 2 saturated heterocycles. The van der Waals surface area contributed by atoms with Crippen LogP contribution in [0.25, 0.3) is 0 Å². The van der Waals surface area contributed by atoms with E-state index in [1.165, 1.54) is 0 Å². The lowest BCUT2D eigenvalue weighted by molar-refractivity contribution is -0.0711. The van der Waals surface area contributed by atoms with Crippen LogP contribution in [0, 0.1) is 5.41 Å². The normalized spacial score (nSPS) is 37.0. The number of rotatable bonds is 2. The van der Waals surface area contributed by atoms with E-state index >= 15 is 0 Å². The van der Waals surface area contributed by atoms with Gasteiger partial charge in [-0.2, -0.15) is 0 Å². The van der Waals surface area contributed by atoms with Gasteiger partial charge in [-0.3, -0.25) is 18.1 Å². The summed E-state index contributed by atoms with van der Waals surface area (Å²) in [6, 6.07) is 0. The van der Waals surface area contributed by atoms with Gasteiger partial charge in [0.1, 0.15) is 0 Å². The van der Waals surface area contributed by atoms with Crippen molar-refractivity contribution >= 4 is 27.7 Å². The number of carbonyl (C=O) groups excluding carboxylic acids is 2. The molecule has 23 heavy (non-hydrogen) atoms. The molecule has 0 unspecified atom stereocenters. The topological polar surface area (TPSA) is 148 Å². The molecule has 132 valence electrons. The highest BCUT2D eigenvalue weighted by Crippen LogP contribution is 2.56. The van der Waals surface area contributed by atoms with Crippen molar-refractivity contribution in [2.45, 2.75) is 0 Å². The van der Waals surface area contributed by atoms with E-state index in [4.69, 9.17) is 18.1 Å². The lowest BCUT2D eigenvalue weighted by Gasteiger charge is -2.42. The summed E-state index contributed by atoms with van der Waals surface area (Å²) in [5.41, 5.74) is -0.878. The molecule has 2 heterocycles. The molecule has 2 aliphatic heterocycles. The van der Waals surface area contributed by atoms with E-state index in [0.717, 1.165) is 14.2 Å². The Hall–Kier alpha value is -1.16. The SMILES string of the molecule is COC(=O)NP1(=O)OCC2(CO1)COP(=O)(NC(=O)OC)OC2. The molecule has 0 aromatic rings. The van der Waals surface area contributed by atoms with Gasteiger partial charge in [0.2, 0.25) is 0 Å². The van der Waals surface area contributed by atoms with Crippen LogP contribution in [-0.4, -0.2) is 52.8 Å². The second kappa shape index (κ2) is 6.76. The van der Waals surface area contributed by atoms with Crippen LogP contribution in [0.3, 0.4) is 0 Å². The Labute approximate surface area is 131 Å². The molecule has 2 rings (SSSR count). The molecule has 2 fully saturated rings. The largest absolute Gasteiger partial charge is 0.453 e. The summed E-state index contributed by atoms with van der Waals surface area (Å²) in [4.78, 5) is 22.1. The zero-order valence-electron chi connectivity index (χ0n) is 12.3. The van der Waals surface area contributed by atoms with Crippen molar-refractivity contribution < 1.29 is 46.3 Å². The highest BCUT2D eigenvalue weighted by Gasteiger charge is 2.50. The van der Waals surface area contributed by atoms with Crippen LogP contribution in [0.2, 0.25) is 0 Å². The fraction of sp³-hybridized carbons (Fsp3) is 0.778. The van der Waals surface area contributed by atoms with Crippen molar-refractivity contribution in [3.8, 4) is 0 Å². The molecule has 0 atom stereocenters. The van der Waals surface area contributed by atoms with Gasteiger partial charge in [0.15, 0.2) is 0 Å². The van der Waals surface area contributed by atoms with E-state index in [-0.39, 0.29) is 26.4 Å². The Morgan fingerprint density at radius 3 is 1.39 bits per heavy atom. The quantitative estimate of drug-likeness (QED) is 0.671. The summed E-state index contributed by atoms with van der Waals surface area (Å²) in [6.45, 7) is -0.585. The molecule has 0 aromatic carbocycles. The van der Waals surface area contributed by atoms with Gasteiger partial charge in [-0.15, -0.1) is 0 Å². The minimum absolute atomic E-state index is 0.146. The van der Waals surface area contributed by atoms with Gasteiger partial charge in [0.05, 0.1) is 46.1 Å². The number of amides is 2. The molecule has 2 aliphatic rings. The first kappa shape index (κ1) is 18.2. The predicted molar refractivity (Wildman–Crippen MR) is 72.5 cm³/mol. The van der Waals surface area contributed by atoms with E-state index in [9.17, 15) is 18.7 Å². The Morgan fingerprint density at radius 1 is 0.826 bits per heavy atom. The molecule has 0 saturated carbocycles. The maximum absolute atomic E-state index is 12.1. The van der Waals surface area contributed by atoms with Crippen LogP contribution in [0.4, 0.5) is 9.59 Å². The van der Waals surface area contributed by atoms with Crippen LogP contribution in [-0.2, 0) is 36.7 Å². The Balaban J connectivity index is 1.91. The van der Waals surface area contributed by atoms with Crippen LogP contribution in [0.15, 0.2) is 0 Å². The zero-order chi connectivity index (χ0) is 17.1. The number of hydrogen-bond acceptors (Lipinski definition) is 10. The van der Waals surface area contributed by atoms with Crippen LogP contribution in [0.1, 0.15) is 0 Å². The zero-order valence-corrected chi connectivity index (χ0v) is 14.1. The summed E-state index contributed by atoms with van der Waals surface area (Å²) in [5, 5.41) is 3.91. The van der Waals surface area contributed by atoms with Gasteiger partial charge in [-0.25, -0.2) is 28.9 Å². The standard InChI is InChI=1S/C9H16N2O10P2/c1-16-7(12)10-22(14)18-3-9(4-19-22)5-20-23(15,21-6-9)11-8(13)17-2/h3-6H2,1-2H3,(H,10,12,14)(H,11,13,15). The van der Waals surface area contributed by atoms with Gasteiger partial charge < -0.3 is 9.47 Å². The molecule has 1 spiro atoms. The van der Waals surface area contributed by atoms with Crippen molar-refractivity contribution in [2.24, 2.45) is 5.41 Å². The van der Waals surface area contributed by atoms with Gasteiger partial charge in [-0.1, -0.05) is 0 Å². The van der Waals surface area contributed by atoms with Gasteiger partial charge in [-0.05, 0) is 0 Å². The number of carbonyl (C=O) groups is 2. The molecule has 2 amide bonds. The molecule has 0 bridgehead atoms. The predicted octanol–water partition coefficient (Wildman–Crippen LogP) is 0.995. The van der Waals surface area contributed by atoms with E-state index in [0.29, 0.717) is 0 Å². The Kier molecular flexibility index (Phi) is 5.34. The molecule has 14 heteroatoms. The van der Waals surface area contributed by atoms with Crippen LogP contribution < -0.4 is 10.2 Å². The maximum atomic E-state index is 12.1. The first-order valence-electron chi connectivity index (χ1n) is 6.24. The van der Waals surface area contributed by atoms with Crippen LogP contribution >= 0.6 is 15.5 Å². The lowest BCUT2D eigenvalue weighted by atomic mass is 9.93. The minimum Gasteiger partial charge on any atom is -0.453 e. The summed E-state index contributed by atoms with van der Waals surface area (Å²) < 4.78 is 53.0. The summed E-state index contributed by atoms with van der Waals surface area (Å²) in [6.07, 6.45) is -1.93. The van der Waals surface area contributed by atoms with E-state index in [1.54, 1.807) is 0 Å². The van der Waals surface area contributed by atoms with Gasteiger partial charge in [0, 0.05) is 0 Å². The third kappa shape index (κ3) is 4.43. The molecular weight excluding hydrogens is 358 g/mol. The maximum Gasteiger partial charge on any atom is 0.437 e. The highest BCUT2D eigenvalue weighted by molar-refractivity contribution is 7.52. The van der Waals surface area contributed by atoms with Gasteiger partial charge >= 0.3 is 27.7 Å². The van der Waals surface area contributed by atoms with Crippen LogP contribution in [0.5, 0.6) is 0 Å². The van der Waals surface area contributed by atoms with E-state index in [1.807, 2.05) is 10.2 Å². The molecular formula is C9H16N2O10P2. The van der Waals surface area contributed by atoms with Gasteiger partial charge in [0.25, 0.3) is 0 Å². The number of nitrogens with one attached hydrogen (secondary N) is 2. The van der Waals surface area contributed by atoms with Crippen molar-refractivity contribution in [3.05, 3.63) is 0 Å². The second-order valence-corrected chi connectivity index (χ2v) is 8.27. The number of hydrogen-bond donors (Lipinski definition) is 2. The average molecular weight is 374 g/mol. The van der Waals surface area contributed by atoms with Crippen molar-refractivity contribution in [1.82, 2.24) is 10.2 Å². The fourth-order valence-electron chi connectivity index (χ4n) is 1.66. The Morgan fingerprint density at radius 2 is 1.13 bits per heavy atom. The molecule has 0 aromatic heterocycles. The minimum atomic E-state index is -3.83. The molecule has 0 radical (unpaired) electrons. The van der Waals surface area contributed by atoms with E-state index in [2.05, 4.69) is 9.47 Å². The number of methoxy groups -OCH3 is 2. The van der Waals surface area contributed by atoms with Crippen molar-refractivity contribution in [2.75, 3.05) is 40.6 Å². The first-order chi connectivity index (χ1) is 10.7. The first-order valence-corrected chi connectivity index (χ1v) is 9.33. The average Bonchev–Trinajstić information content (AvgIpc) is 2.53. The molecule has 12 nitrogen and oxygen atoms in total. The summed E-state index contributed by atoms with van der Waals surface area (Å²) >= 11 is 0. The van der Waals surface area contributed by atoms with E-state index < -0.39 is 33.1 Å². The highest BCUT2D eigenvalue weighted by atomic mass is 31.2. The smallest absolute Gasteiger partial charge is 0.437 e. The third-order valence-corrected chi connectivity index (χ3v) is 5.78. The molecule has 0 aliphatic carbocycles. The number of ether oxygens (including phenoxy) is 2. The second-order valence-electron chi connectivity index (χ2n) is 4.80.